The molecule has 1 fully saturated rings. The molecule has 1 aliphatic rings. The number of nitrogens with zero attached hydrogens (tertiary/aromatic N) is 6. The maximum absolute atomic E-state index is 12.2. The summed E-state index contributed by atoms with van der Waals surface area (Å²) in [5.41, 5.74) is 2.99. The molecule has 0 radical (unpaired) electrons. The summed E-state index contributed by atoms with van der Waals surface area (Å²) in [6.45, 7) is 9.56. The molecule has 0 spiro atoms. The van der Waals surface area contributed by atoms with Crippen molar-refractivity contribution >= 4 is 22.9 Å². The first-order valence-electron chi connectivity index (χ1n) is 10.1. The Labute approximate surface area is 170 Å². The first-order chi connectivity index (χ1) is 14.1. The topological polar surface area (TPSA) is 79.2 Å². The third-order valence-electron chi connectivity index (χ3n) is 5.21. The minimum atomic E-state index is 0.00514. The van der Waals surface area contributed by atoms with E-state index >= 15 is 0 Å². The molecule has 1 aliphatic heterocycles. The summed E-state index contributed by atoms with van der Waals surface area (Å²) in [5.74, 6) is 1.61. The molecule has 0 saturated carbocycles. The van der Waals surface area contributed by atoms with Gasteiger partial charge in [-0.25, -0.2) is 19.4 Å². The van der Waals surface area contributed by atoms with Crippen molar-refractivity contribution in [3.63, 3.8) is 0 Å². The van der Waals surface area contributed by atoms with Crippen molar-refractivity contribution in [3.8, 4) is 5.69 Å². The lowest BCUT2D eigenvalue weighted by atomic mass is 10.2. The van der Waals surface area contributed by atoms with Crippen LogP contribution in [0.2, 0.25) is 0 Å². The lowest BCUT2D eigenvalue weighted by Crippen LogP contribution is -2.42. The largest absolute Gasteiger partial charge is 0.354 e. The summed E-state index contributed by atoms with van der Waals surface area (Å²) in [5, 5.41) is 8.42. The summed E-state index contributed by atoms with van der Waals surface area (Å²) in [4.78, 5) is 25.7. The molecule has 2 aromatic heterocycles. The Bertz CT molecular complexity index is 1010. The van der Waals surface area contributed by atoms with Gasteiger partial charge in [-0.15, -0.1) is 0 Å². The van der Waals surface area contributed by atoms with Crippen LogP contribution in [0.4, 0.5) is 10.6 Å². The van der Waals surface area contributed by atoms with Gasteiger partial charge in [0.15, 0.2) is 5.65 Å². The van der Waals surface area contributed by atoms with E-state index < -0.39 is 0 Å². The number of aryl methyl sites for hydroxylation is 2. The second kappa shape index (κ2) is 8.06. The Kier molecular flexibility index (Phi) is 5.33. The molecule has 8 heteroatoms. The average Bonchev–Trinajstić information content (AvgIpc) is 2.96. The number of aromatic nitrogens is 4. The Morgan fingerprint density at radius 1 is 1.07 bits per heavy atom. The summed E-state index contributed by atoms with van der Waals surface area (Å²) in [6, 6.07) is 8.25. The summed E-state index contributed by atoms with van der Waals surface area (Å²) in [7, 11) is 0. The van der Waals surface area contributed by atoms with E-state index in [9.17, 15) is 4.79 Å². The minimum absolute atomic E-state index is 0.00514. The van der Waals surface area contributed by atoms with Gasteiger partial charge in [-0.05, 0) is 39.3 Å². The Morgan fingerprint density at radius 2 is 1.86 bits per heavy atom. The molecule has 0 aliphatic carbocycles. The molecule has 0 bridgehead atoms. The molecule has 0 atom stereocenters. The molecule has 0 unspecified atom stereocenters. The predicted molar refractivity (Wildman–Crippen MR) is 114 cm³/mol. The number of fused-ring (bicyclic) bond motifs is 1. The van der Waals surface area contributed by atoms with Crippen molar-refractivity contribution in [1.29, 1.82) is 0 Å². The highest BCUT2D eigenvalue weighted by atomic mass is 16.2. The first-order valence-corrected chi connectivity index (χ1v) is 10.1. The summed E-state index contributed by atoms with van der Waals surface area (Å²) >= 11 is 0. The smallest absolute Gasteiger partial charge is 0.317 e. The standard InChI is InChI=1S/C21H27N7O/c1-4-22-21(29)27-11-5-10-26(12-13-27)19-18-14-23-28(20(18)25-16(3)24-19)17-8-6-15(2)7-9-17/h6-9,14H,4-5,10-13H2,1-3H3,(H,22,29). The van der Waals surface area contributed by atoms with Gasteiger partial charge in [-0.3, -0.25) is 0 Å². The molecule has 3 aromatic rings. The highest BCUT2D eigenvalue weighted by Gasteiger charge is 2.22. The van der Waals surface area contributed by atoms with Crippen LogP contribution < -0.4 is 10.2 Å². The zero-order valence-electron chi connectivity index (χ0n) is 17.2. The van der Waals surface area contributed by atoms with Gasteiger partial charge in [0.05, 0.1) is 17.3 Å². The lowest BCUT2D eigenvalue weighted by molar-refractivity contribution is 0.202. The van der Waals surface area contributed by atoms with Gasteiger partial charge in [0.2, 0.25) is 0 Å². The molecular formula is C21H27N7O. The van der Waals surface area contributed by atoms with Crippen molar-refractivity contribution < 1.29 is 4.79 Å². The fraction of sp³-hybridized carbons (Fsp3) is 0.429. The second-order valence-electron chi connectivity index (χ2n) is 7.39. The van der Waals surface area contributed by atoms with E-state index in [2.05, 4.69) is 51.5 Å². The second-order valence-corrected chi connectivity index (χ2v) is 7.39. The fourth-order valence-electron chi connectivity index (χ4n) is 3.71. The number of nitrogens with one attached hydrogen (secondary N) is 1. The maximum atomic E-state index is 12.2. The first kappa shape index (κ1) is 19.2. The monoisotopic (exact) mass is 393 g/mol. The Balaban J connectivity index is 1.66. The number of hydrogen-bond acceptors (Lipinski definition) is 5. The number of anilines is 1. The van der Waals surface area contributed by atoms with Gasteiger partial charge < -0.3 is 15.1 Å². The van der Waals surface area contributed by atoms with Crippen molar-refractivity contribution in [2.24, 2.45) is 0 Å². The molecule has 29 heavy (non-hydrogen) atoms. The van der Waals surface area contributed by atoms with Crippen LogP contribution in [0.15, 0.2) is 30.5 Å². The lowest BCUT2D eigenvalue weighted by Gasteiger charge is -2.23. The number of urea groups is 1. The average molecular weight is 393 g/mol. The van der Waals surface area contributed by atoms with Gasteiger partial charge in [-0.1, -0.05) is 17.7 Å². The van der Waals surface area contributed by atoms with E-state index in [-0.39, 0.29) is 6.03 Å². The minimum Gasteiger partial charge on any atom is -0.354 e. The van der Waals surface area contributed by atoms with Gasteiger partial charge in [0.1, 0.15) is 11.6 Å². The SMILES string of the molecule is CCNC(=O)N1CCCN(c2nc(C)nc3c2cnn3-c2ccc(C)cc2)CC1. The van der Waals surface area contributed by atoms with Crippen LogP contribution in [0.3, 0.4) is 0 Å². The number of carbonyl (C=O) groups excluding carboxylic acids is 1. The fourth-order valence-corrected chi connectivity index (χ4v) is 3.71. The van der Waals surface area contributed by atoms with Crippen LogP contribution in [0.25, 0.3) is 16.7 Å². The van der Waals surface area contributed by atoms with E-state index in [1.54, 1.807) is 0 Å². The number of rotatable bonds is 3. The van der Waals surface area contributed by atoms with Gasteiger partial charge >= 0.3 is 6.03 Å². The predicted octanol–water partition coefficient (Wildman–Crippen LogP) is 2.67. The zero-order chi connectivity index (χ0) is 20.4. The Hall–Kier alpha value is -3.16. The van der Waals surface area contributed by atoms with Gasteiger partial charge in [-0.2, -0.15) is 5.10 Å². The summed E-state index contributed by atoms with van der Waals surface area (Å²) in [6.07, 6.45) is 2.74. The van der Waals surface area contributed by atoms with Gasteiger partial charge in [0, 0.05) is 32.7 Å². The van der Waals surface area contributed by atoms with Crippen LogP contribution in [-0.2, 0) is 0 Å². The molecule has 4 rings (SSSR count). The molecule has 2 amide bonds. The number of amides is 2. The highest BCUT2D eigenvalue weighted by molar-refractivity contribution is 5.88. The molecule has 8 nitrogen and oxygen atoms in total. The van der Waals surface area contributed by atoms with Gasteiger partial charge in [0.25, 0.3) is 0 Å². The third-order valence-corrected chi connectivity index (χ3v) is 5.21. The number of hydrogen-bond donors (Lipinski definition) is 1. The number of benzene rings is 1. The maximum Gasteiger partial charge on any atom is 0.317 e. The van der Waals surface area contributed by atoms with Crippen molar-refractivity contribution in [2.75, 3.05) is 37.6 Å². The van der Waals surface area contributed by atoms with Crippen LogP contribution in [-0.4, -0.2) is 63.4 Å². The van der Waals surface area contributed by atoms with Crippen LogP contribution in [0.5, 0.6) is 0 Å². The quantitative estimate of drug-likeness (QED) is 0.740. The molecule has 3 heterocycles. The van der Waals surface area contributed by atoms with E-state index in [1.165, 1.54) is 5.56 Å². The van der Waals surface area contributed by atoms with Crippen LogP contribution >= 0.6 is 0 Å². The normalized spacial score (nSPS) is 14.9. The molecule has 152 valence electrons. The molecule has 1 aromatic carbocycles. The number of carbonyl (C=O) groups is 1. The van der Waals surface area contributed by atoms with Crippen LogP contribution in [0.1, 0.15) is 24.7 Å². The molecular weight excluding hydrogens is 366 g/mol. The van der Waals surface area contributed by atoms with E-state index in [4.69, 9.17) is 4.98 Å². The third kappa shape index (κ3) is 3.87. The summed E-state index contributed by atoms with van der Waals surface area (Å²) < 4.78 is 1.87. The van der Waals surface area contributed by atoms with Crippen molar-refractivity contribution in [3.05, 3.63) is 41.9 Å². The van der Waals surface area contributed by atoms with E-state index in [0.717, 1.165) is 48.6 Å². The molecule has 1 N–H and O–H groups in total. The zero-order valence-corrected chi connectivity index (χ0v) is 17.2. The van der Waals surface area contributed by atoms with Crippen molar-refractivity contribution in [1.82, 2.24) is 30.0 Å². The highest BCUT2D eigenvalue weighted by Crippen LogP contribution is 2.26. The Morgan fingerprint density at radius 3 is 2.62 bits per heavy atom. The van der Waals surface area contributed by atoms with Crippen molar-refractivity contribution in [2.45, 2.75) is 27.2 Å². The van der Waals surface area contributed by atoms with Crippen LogP contribution in [0, 0.1) is 13.8 Å². The van der Waals surface area contributed by atoms with E-state index in [1.807, 2.05) is 29.6 Å². The molecule has 1 saturated heterocycles. The van der Waals surface area contributed by atoms with E-state index in [0.29, 0.717) is 18.9 Å².